The van der Waals surface area contributed by atoms with Gasteiger partial charge in [-0.1, -0.05) is 43.7 Å². The van der Waals surface area contributed by atoms with Crippen LogP contribution < -0.4 is 5.32 Å². The second kappa shape index (κ2) is 8.35. The number of amides is 1. The summed E-state index contributed by atoms with van der Waals surface area (Å²) in [4.78, 5) is 18.3. The van der Waals surface area contributed by atoms with Gasteiger partial charge in [-0.15, -0.1) is 0 Å². The molecule has 1 aliphatic rings. The number of carbonyl (C=O) groups is 1. The quantitative estimate of drug-likeness (QED) is 0.922. The largest absolute Gasteiger partial charge is 0.310 e. The van der Waals surface area contributed by atoms with Gasteiger partial charge in [-0.3, -0.25) is 9.69 Å². The van der Waals surface area contributed by atoms with Gasteiger partial charge in [0.1, 0.15) is 5.82 Å². The number of halogens is 1. The Morgan fingerprint density at radius 1 is 1.29 bits per heavy atom. The van der Waals surface area contributed by atoms with Gasteiger partial charge in [0, 0.05) is 12.2 Å². The van der Waals surface area contributed by atoms with Crippen molar-refractivity contribution in [3.8, 4) is 0 Å². The maximum Gasteiger partial charge on any atom is 0.239 e. The molecule has 0 unspecified atom stereocenters. The second-order valence-electron chi connectivity index (χ2n) is 5.82. The van der Waals surface area contributed by atoms with E-state index in [-0.39, 0.29) is 5.91 Å². The molecule has 1 amide bonds. The summed E-state index contributed by atoms with van der Waals surface area (Å²) >= 11 is 5.78. The summed E-state index contributed by atoms with van der Waals surface area (Å²) in [5.74, 6) is 0.532. The number of carbonyl (C=O) groups excluding carboxylic acids is 1. The van der Waals surface area contributed by atoms with Crippen molar-refractivity contribution in [3.05, 3.63) is 23.4 Å². The minimum absolute atomic E-state index is 0.0191. The SMILES string of the molecule is CN(CC(=O)Nc1ccc(Cl)cn1)C1CCCCCCC1. The third-order valence-electron chi connectivity index (χ3n) is 4.09. The van der Waals surface area contributed by atoms with E-state index in [1.807, 2.05) is 7.05 Å². The van der Waals surface area contributed by atoms with Crippen LogP contribution in [0.4, 0.5) is 5.82 Å². The first kappa shape index (κ1) is 16.2. The van der Waals surface area contributed by atoms with Crippen molar-refractivity contribution in [2.24, 2.45) is 0 Å². The third kappa shape index (κ3) is 5.64. The summed E-state index contributed by atoms with van der Waals surface area (Å²) in [6.07, 6.45) is 10.5. The molecule has 0 spiro atoms. The van der Waals surface area contributed by atoms with Crippen molar-refractivity contribution in [1.29, 1.82) is 0 Å². The Balaban J connectivity index is 1.81. The van der Waals surface area contributed by atoms with E-state index >= 15 is 0 Å². The van der Waals surface area contributed by atoms with Crippen molar-refractivity contribution in [3.63, 3.8) is 0 Å². The molecule has 2 rings (SSSR count). The lowest BCUT2D eigenvalue weighted by atomic mass is 9.96. The minimum atomic E-state index is -0.0191. The van der Waals surface area contributed by atoms with E-state index in [1.165, 1.54) is 51.1 Å². The molecule has 0 aromatic carbocycles. The summed E-state index contributed by atoms with van der Waals surface area (Å²) in [6.45, 7) is 0.412. The second-order valence-corrected chi connectivity index (χ2v) is 6.26. The smallest absolute Gasteiger partial charge is 0.239 e. The van der Waals surface area contributed by atoms with Gasteiger partial charge in [0.2, 0.25) is 5.91 Å². The van der Waals surface area contributed by atoms with Gasteiger partial charge in [-0.25, -0.2) is 4.98 Å². The van der Waals surface area contributed by atoms with Crippen LogP contribution in [0.3, 0.4) is 0 Å². The van der Waals surface area contributed by atoms with Crippen molar-refractivity contribution in [2.45, 2.75) is 51.0 Å². The molecule has 1 aliphatic carbocycles. The number of nitrogens with one attached hydrogen (secondary N) is 1. The molecule has 1 fully saturated rings. The maximum absolute atomic E-state index is 12.1. The van der Waals surface area contributed by atoms with E-state index < -0.39 is 0 Å². The summed E-state index contributed by atoms with van der Waals surface area (Å²) in [5.41, 5.74) is 0. The van der Waals surface area contributed by atoms with Crippen LogP contribution in [0.1, 0.15) is 44.9 Å². The zero-order valence-corrected chi connectivity index (χ0v) is 13.4. The highest BCUT2D eigenvalue weighted by Gasteiger charge is 2.18. The normalized spacial score (nSPS) is 17.3. The fourth-order valence-electron chi connectivity index (χ4n) is 2.86. The van der Waals surface area contributed by atoms with Crippen LogP contribution in [0, 0.1) is 0 Å². The number of anilines is 1. The van der Waals surface area contributed by atoms with Crippen LogP contribution in [0.2, 0.25) is 5.02 Å². The Hall–Kier alpha value is -1.13. The molecule has 1 N–H and O–H groups in total. The Morgan fingerprint density at radius 3 is 2.57 bits per heavy atom. The van der Waals surface area contributed by atoms with E-state index in [9.17, 15) is 4.79 Å². The topological polar surface area (TPSA) is 45.2 Å². The highest BCUT2D eigenvalue weighted by atomic mass is 35.5. The van der Waals surface area contributed by atoms with Gasteiger partial charge in [0.05, 0.1) is 11.6 Å². The highest BCUT2D eigenvalue weighted by Crippen LogP contribution is 2.20. The van der Waals surface area contributed by atoms with Crippen molar-refractivity contribution in [1.82, 2.24) is 9.88 Å². The summed E-state index contributed by atoms with van der Waals surface area (Å²) in [5, 5.41) is 3.39. The van der Waals surface area contributed by atoms with E-state index in [0.29, 0.717) is 23.4 Å². The molecule has 21 heavy (non-hydrogen) atoms. The molecule has 1 saturated carbocycles. The standard InChI is InChI=1S/C16H24ClN3O/c1-20(14-7-5-3-2-4-6-8-14)12-16(21)19-15-10-9-13(17)11-18-15/h9-11,14H,2-8,12H2,1H3,(H,18,19,21). The van der Waals surface area contributed by atoms with Crippen LogP contribution in [-0.2, 0) is 4.79 Å². The number of aromatic nitrogens is 1. The molecule has 0 radical (unpaired) electrons. The maximum atomic E-state index is 12.1. The van der Waals surface area contributed by atoms with Crippen molar-refractivity contribution in [2.75, 3.05) is 18.9 Å². The van der Waals surface area contributed by atoms with Gasteiger partial charge >= 0.3 is 0 Å². The van der Waals surface area contributed by atoms with Gasteiger partial charge < -0.3 is 5.32 Å². The minimum Gasteiger partial charge on any atom is -0.310 e. The van der Waals surface area contributed by atoms with Gasteiger partial charge in [-0.2, -0.15) is 0 Å². The molecule has 1 aromatic rings. The Morgan fingerprint density at radius 2 is 1.95 bits per heavy atom. The predicted octanol–water partition coefficient (Wildman–Crippen LogP) is 3.72. The summed E-state index contributed by atoms with van der Waals surface area (Å²) in [7, 11) is 2.04. The molecular weight excluding hydrogens is 286 g/mol. The van der Waals surface area contributed by atoms with E-state index in [0.717, 1.165) is 0 Å². The average Bonchev–Trinajstić information content (AvgIpc) is 2.40. The first-order valence-electron chi connectivity index (χ1n) is 7.77. The Bertz CT molecular complexity index is 441. The lowest BCUT2D eigenvalue weighted by Gasteiger charge is -2.29. The summed E-state index contributed by atoms with van der Waals surface area (Å²) in [6, 6.07) is 3.97. The summed E-state index contributed by atoms with van der Waals surface area (Å²) < 4.78 is 0. The third-order valence-corrected chi connectivity index (χ3v) is 4.31. The lowest BCUT2D eigenvalue weighted by Crippen LogP contribution is -2.38. The molecule has 0 atom stereocenters. The number of pyridine rings is 1. The molecule has 5 heteroatoms. The number of hydrogen-bond acceptors (Lipinski definition) is 3. The fourth-order valence-corrected chi connectivity index (χ4v) is 2.97. The monoisotopic (exact) mass is 309 g/mol. The zero-order valence-electron chi connectivity index (χ0n) is 12.6. The molecule has 116 valence electrons. The van der Waals surface area contributed by atoms with Crippen LogP contribution in [0.5, 0.6) is 0 Å². The van der Waals surface area contributed by atoms with Crippen molar-refractivity contribution < 1.29 is 4.79 Å². The Labute approximate surface area is 131 Å². The molecule has 0 saturated heterocycles. The van der Waals surface area contributed by atoms with E-state index in [4.69, 9.17) is 11.6 Å². The van der Waals surface area contributed by atoms with E-state index in [2.05, 4.69) is 15.2 Å². The molecule has 1 aromatic heterocycles. The zero-order chi connectivity index (χ0) is 15.1. The van der Waals surface area contributed by atoms with Crippen LogP contribution in [0.15, 0.2) is 18.3 Å². The van der Waals surface area contributed by atoms with Gasteiger partial charge in [0.15, 0.2) is 0 Å². The van der Waals surface area contributed by atoms with Gasteiger partial charge in [-0.05, 0) is 32.0 Å². The molecule has 0 aliphatic heterocycles. The highest BCUT2D eigenvalue weighted by molar-refractivity contribution is 6.30. The first-order chi connectivity index (χ1) is 10.1. The van der Waals surface area contributed by atoms with Crippen LogP contribution in [-0.4, -0.2) is 35.4 Å². The number of hydrogen-bond donors (Lipinski definition) is 1. The fraction of sp³-hybridized carbons (Fsp3) is 0.625. The number of likely N-dealkylation sites (N-methyl/N-ethyl adjacent to an activating group) is 1. The number of nitrogens with zero attached hydrogens (tertiary/aromatic N) is 2. The van der Waals surface area contributed by atoms with Crippen LogP contribution >= 0.6 is 11.6 Å². The van der Waals surface area contributed by atoms with Gasteiger partial charge in [0.25, 0.3) is 0 Å². The molecular formula is C16H24ClN3O. The first-order valence-corrected chi connectivity index (χ1v) is 8.14. The molecule has 1 heterocycles. The molecule has 0 bridgehead atoms. The van der Waals surface area contributed by atoms with E-state index in [1.54, 1.807) is 12.1 Å². The average molecular weight is 310 g/mol. The van der Waals surface area contributed by atoms with Crippen LogP contribution in [0.25, 0.3) is 0 Å². The Kier molecular flexibility index (Phi) is 6.46. The number of rotatable bonds is 4. The molecule has 4 nitrogen and oxygen atoms in total. The van der Waals surface area contributed by atoms with Crippen molar-refractivity contribution >= 4 is 23.3 Å². The predicted molar refractivity (Wildman–Crippen MR) is 86.6 cm³/mol. The lowest BCUT2D eigenvalue weighted by molar-refractivity contribution is -0.117.